The smallest absolute Gasteiger partial charge is 0.222 e. The van der Waals surface area contributed by atoms with Crippen molar-refractivity contribution in [2.24, 2.45) is 0 Å². The van der Waals surface area contributed by atoms with Crippen LogP contribution < -0.4 is 4.90 Å². The van der Waals surface area contributed by atoms with E-state index >= 15 is 0 Å². The number of aromatic nitrogens is 4. The summed E-state index contributed by atoms with van der Waals surface area (Å²) in [6.45, 7) is 8.47. The minimum absolute atomic E-state index is 0.0277. The number of thiophene rings is 1. The summed E-state index contributed by atoms with van der Waals surface area (Å²) in [6, 6.07) is 8.21. The molecule has 0 saturated carbocycles. The van der Waals surface area contributed by atoms with Gasteiger partial charge in [0, 0.05) is 54.8 Å². The van der Waals surface area contributed by atoms with E-state index in [-0.39, 0.29) is 17.8 Å². The number of anilines is 1. The number of fused-ring (bicyclic) bond motifs is 2. The first-order chi connectivity index (χ1) is 21.5. The number of ether oxygens (including phenoxy) is 2. The molecule has 0 radical (unpaired) electrons. The maximum absolute atomic E-state index is 12.9. The molecular formula is C33H38N6O4S. The lowest BCUT2D eigenvalue weighted by molar-refractivity contribution is -0.130. The number of carbonyl (C=O) groups is 2. The molecule has 1 amide bonds. The van der Waals surface area contributed by atoms with Crippen molar-refractivity contribution in [2.45, 2.75) is 45.6 Å². The van der Waals surface area contributed by atoms with Gasteiger partial charge >= 0.3 is 0 Å². The average Bonchev–Trinajstić information content (AvgIpc) is 3.70. The third-order valence-corrected chi connectivity index (χ3v) is 9.11. The highest BCUT2D eigenvalue weighted by molar-refractivity contribution is 7.20. The number of rotatable bonds is 11. The maximum atomic E-state index is 12.9. The first-order valence-corrected chi connectivity index (χ1v) is 16.1. The summed E-state index contributed by atoms with van der Waals surface area (Å²) in [5.41, 5.74) is 4.05. The Morgan fingerprint density at radius 3 is 2.82 bits per heavy atom. The highest BCUT2D eigenvalue weighted by Crippen LogP contribution is 2.39. The molecule has 44 heavy (non-hydrogen) atoms. The van der Waals surface area contributed by atoms with Crippen LogP contribution in [0.2, 0.25) is 0 Å². The van der Waals surface area contributed by atoms with Crippen molar-refractivity contribution in [1.82, 2.24) is 25.1 Å². The van der Waals surface area contributed by atoms with Gasteiger partial charge in [0.2, 0.25) is 5.91 Å². The number of amides is 1. The molecule has 230 valence electrons. The molecule has 0 aliphatic carbocycles. The number of carbonyl (C=O) groups excluding carboxylic acids is 2. The molecule has 10 nitrogen and oxygen atoms in total. The lowest BCUT2D eigenvalue weighted by Crippen LogP contribution is -2.36. The lowest BCUT2D eigenvalue weighted by Gasteiger charge is -2.28. The first-order valence-electron chi connectivity index (χ1n) is 15.3. The fourth-order valence-corrected chi connectivity index (χ4v) is 6.73. The maximum Gasteiger partial charge on any atom is 0.222 e. The van der Waals surface area contributed by atoms with E-state index in [2.05, 4.69) is 27.2 Å². The SMILES string of the molecule is CC(C)OC/C=C/C(=O)CCCC(=O)N1CC=C(c2cc3nc(-c4cccc5[nH]ncc45)nc(N4CCOCC4)c3s2)CC1. The van der Waals surface area contributed by atoms with Gasteiger partial charge in [0.05, 0.1) is 47.9 Å². The van der Waals surface area contributed by atoms with Gasteiger partial charge < -0.3 is 19.3 Å². The number of hydrogen-bond acceptors (Lipinski definition) is 9. The quantitative estimate of drug-likeness (QED) is 0.223. The zero-order chi connectivity index (χ0) is 30.5. The standard InChI is InChI=1S/C33H38N6O4S/c1-22(2)43-17-5-7-24(40)6-3-10-30(41)38-13-11-23(12-14-38)29-20-28-31(44-29)33(39-15-18-42-19-16-39)36-32(35-28)25-8-4-9-27-26(25)21-34-37-27/h4-5,7-9,11,20-22H,3,6,10,12-19H2,1-2H3,(H,34,37)/b7-5+. The molecule has 6 rings (SSSR count). The van der Waals surface area contributed by atoms with Crippen molar-refractivity contribution in [1.29, 1.82) is 0 Å². The summed E-state index contributed by atoms with van der Waals surface area (Å²) in [5.74, 6) is 1.74. The van der Waals surface area contributed by atoms with E-state index in [1.54, 1.807) is 23.5 Å². The molecule has 1 saturated heterocycles. The molecule has 0 unspecified atom stereocenters. The Morgan fingerprint density at radius 2 is 2.02 bits per heavy atom. The Balaban J connectivity index is 1.16. The average molecular weight is 615 g/mol. The highest BCUT2D eigenvalue weighted by Gasteiger charge is 2.24. The zero-order valence-corrected chi connectivity index (χ0v) is 26.1. The number of ketones is 1. The second-order valence-electron chi connectivity index (χ2n) is 11.4. The van der Waals surface area contributed by atoms with Crippen LogP contribution in [0, 0.1) is 0 Å². The van der Waals surface area contributed by atoms with Gasteiger partial charge in [0.15, 0.2) is 17.4 Å². The molecule has 3 aromatic heterocycles. The Bertz CT molecular complexity index is 1700. The van der Waals surface area contributed by atoms with Crippen molar-refractivity contribution in [3.63, 3.8) is 0 Å². The van der Waals surface area contributed by atoms with E-state index in [0.717, 1.165) is 56.9 Å². The normalized spacial score (nSPS) is 16.0. The number of nitrogens with one attached hydrogen (secondary N) is 1. The Kier molecular flexibility index (Phi) is 9.44. The van der Waals surface area contributed by atoms with Crippen molar-refractivity contribution in [2.75, 3.05) is 50.9 Å². The molecular weight excluding hydrogens is 576 g/mol. The number of H-pyrrole nitrogens is 1. The molecule has 1 fully saturated rings. The molecule has 4 aromatic rings. The van der Waals surface area contributed by atoms with Gasteiger partial charge in [-0.1, -0.05) is 24.3 Å². The number of aromatic amines is 1. The Hall–Kier alpha value is -3.93. The summed E-state index contributed by atoms with van der Waals surface area (Å²) < 4.78 is 12.1. The van der Waals surface area contributed by atoms with E-state index < -0.39 is 0 Å². The Morgan fingerprint density at radius 1 is 1.16 bits per heavy atom. The van der Waals surface area contributed by atoms with E-state index in [9.17, 15) is 9.59 Å². The summed E-state index contributed by atoms with van der Waals surface area (Å²) in [5, 5.41) is 8.26. The number of morpholine rings is 1. The predicted octanol–water partition coefficient (Wildman–Crippen LogP) is 5.41. The van der Waals surface area contributed by atoms with Crippen molar-refractivity contribution < 1.29 is 19.1 Å². The van der Waals surface area contributed by atoms with Gasteiger partial charge in [0.1, 0.15) is 0 Å². The van der Waals surface area contributed by atoms with E-state index in [4.69, 9.17) is 19.4 Å². The topological polar surface area (TPSA) is 114 Å². The van der Waals surface area contributed by atoms with Crippen LogP contribution in [0.15, 0.2) is 48.7 Å². The van der Waals surface area contributed by atoms with Crippen molar-refractivity contribution in [3.8, 4) is 11.4 Å². The van der Waals surface area contributed by atoms with Gasteiger partial charge in [0.25, 0.3) is 0 Å². The van der Waals surface area contributed by atoms with Crippen LogP contribution in [0.4, 0.5) is 5.82 Å². The van der Waals surface area contributed by atoms with Crippen LogP contribution in [0.25, 0.3) is 38.1 Å². The fourth-order valence-electron chi connectivity index (χ4n) is 5.55. The number of allylic oxidation sites excluding steroid dienone is 1. The zero-order valence-electron chi connectivity index (χ0n) is 25.3. The van der Waals surface area contributed by atoms with Gasteiger partial charge in [-0.2, -0.15) is 5.10 Å². The lowest BCUT2D eigenvalue weighted by atomic mass is 10.1. The van der Waals surface area contributed by atoms with Crippen LogP contribution in [-0.4, -0.2) is 88.9 Å². The molecule has 0 atom stereocenters. The third-order valence-electron chi connectivity index (χ3n) is 7.91. The molecule has 2 aliphatic heterocycles. The van der Waals surface area contributed by atoms with Crippen LogP contribution in [-0.2, 0) is 19.1 Å². The highest BCUT2D eigenvalue weighted by atomic mass is 32.1. The van der Waals surface area contributed by atoms with E-state index in [0.29, 0.717) is 58.0 Å². The monoisotopic (exact) mass is 614 g/mol. The Labute approximate surface area is 260 Å². The van der Waals surface area contributed by atoms with Crippen LogP contribution in [0.5, 0.6) is 0 Å². The molecule has 11 heteroatoms. The largest absolute Gasteiger partial charge is 0.378 e. The molecule has 1 aromatic carbocycles. The number of nitrogens with zero attached hydrogens (tertiary/aromatic N) is 5. The minimum Gasteiger partial charge on any atom is -0.378 e. The number of benzene rings is 1. The van der Waals surface area contributed by atoms with Gasteiger partial charge in [-0.05, 0) is 50.5 Å². The molecule has 0 bridgehead atoms. The van der Waals surface area contributed by atoms with Crippen LogP contribution >= 0.6 is 11.3 Å². The summed E-state index contributed by atoms with van der Waals surface area (Å²) in [4.78, 5) is 40.5. The van der Waals surface area contributed by atoms with E-state index in [1.165, 1.54) is 5.57 Å². The number of hydrogen-bond donors (Lipinski definition) is 1. The first kappa shape index (κ1) is 30.1. The molecule has 2 aliphatic rings. The second-order valence-corrected chi connectivity index (χ2v) is 12.4. The van der Waals surface area contributed by atoms with Gasteiger partial charge in [-0.3, -0.25) is 14.7 Å². The van der Waals surface area contributed by atoms with E-state index in [1.807, 2.05) is 43.1 Å². The third kappa shape index (κ3) is 6.90. The second kappa shape index (κ2) is 13.8. The molecule has 0 spiro atoms. The summed E-state index contributed by atoms with van der Waals surface area (Å²) in [6.07, 6.45) is 9.48. The summed E-state index contributed by atoms with van der Waals surface area (Å²) in [7, 11) is 0. The van der Waals surface area contributed by atoms with Crippen LogP contribution in [0.3, 0.4) is 0 Å². The molecule has 1 N–H and O–H groups in total. The van der Waals surface area contributed by atoms with Crippen LogP contribution in [0.1, 0.15) is 44.4 Å². The minimum atomic E-state index is 0.0277. The van der Waals surface area contributed by atoms with Crippen molar-refractivity contribution in [3.05, 3.63) is 53.6 Å². The summed E-state index contributed by atoms with van der Waals surface area (Å²) >= 11 is 1.72. The van der Waals surface area contributed by atoms with Gasteiger partial charge in [-0.25, -0.2) is 9.97 Å². The fraction of sp³-hybridized carbons (Fsp3) is 0.424. The molecule has 5 heterocycles. The van der Waals surface area contributed by atoms with Gasteiger partial charge in [-0.15, -0.1) is 11.3 Å². The van der Waals surface area contributed by atoms with Crippen molar-refractivity contribution >= 4 is 55.5 Å². The predicted molar refractivity (Wildman–Crippen MR) is 174 cm³/mol.